The molecule has 1 aromatic carbocycles. The number of nitrogens with zero attached hydrogens (tertiary/aromatic N) is 3. The molecule has 0 saturated carbocycles. The first-order valence-electron chi connectivity index (χ1n) is 5.88. The van der Waals surface area contributed by atoms with Crippen LogP contribution < -0.4 is 10.1 Å². The first kappa shape index (κ1) is 11.4. The molecule has 5 heteroatoms. The van der Waals surface area contributed by atoms with Gasteiger partial charge in [-0.15, -0.1) is 0 Å². The van der Waals surface area contributed by atoms with E-state index < -0.39 is 0 Å². The standard InChI is InChI=1S/C14H12N4O/c1-15-14-16-7-6-13(18-14)19-11-8-10-4-2-3-5-12(10)17-9-11/h2-9H,1H3,(H,15,16,18). The molecule has 19 heavy (non-hydrogen) atoms. The fourth-order valence-corrected chi connectivity index (χ4v) is 1.75. The summed E-state index contributed by atoms with van der Waals surface area (Å²) in [6.07, 6.45) is 3.33. The van der Waals surface area contributed by atoms with Crippen LogP contribution in [0.1, 0.15) is 0 Å². The van der Waals surface area contributed by atoms with Crippen molar-refractivity contribution in [2.75, 3.05) is 12.4 Å². The number of benzene rings is 1. The van der Waals surface area contributed by atoms with Gasteiger partial charge in [0, 0.05) is 24.7 Å². The zero-order chi connectivity index (χ0) is 13.1. The predicted molar refractivity (Wildman–Crippen MR) is 73.4 cm³/mol. The number of pyridine rings is 1. The Labute approximate surface area is 110 Å². The number of fused-ring (bicyclic) bond motifs is 1. The number of anilines is 1. The monoisotopic (exact) mass is 252 g/mol. The highest BCUT2D eigenvalue weighted by Crippen LogP contribution is 2.22. The molecule has 0 radical (unpaired) electrons. The van der Waals surface area contributed by atoms with Crippen molar-refractivity contribution in [1.29, 1.82) is 0 Å². The van der Waals surface area contributed by atoms with Crippen LogP contribution in [0, 0.1) is 0 Å². The Bertz CT molecular complexity index is 714. The number of aromatic nitrogens is 3. The molecule has 0 unspecified atom stereocenters. The van der Waals surface area contributed by atoms with E-state index in [9.17, 15) is 0 Å². The summed E-state index contributed by atoms with van der Waals surface area (Å²) in [5.74, 6) is 1.65. The van der Waals surface area contributed by atoms with E-state index in [1.165, 1.54) is 0 Å². The van der Waals surface area contributed by atoms with Crippen LogP contribution in [0.4, 0.5) is 5.95 Å². The SMILES string of the molecule is CNc1nccc(Oc2cnc3ccccc3c2)n1. The van der Waals surface area contributed by atoms with Crippen LogP contribution in [0.2, 0.25) is 0 Å². The van der Waals surface area contributed by atoms with Gasteiger partial charge in [0.05, 0.1) is 11.7 Å². The van der Waals surface area contributed by atoms with E-state index in [-0.39, 0.29) is 0 Å². The van der Waals surface area contributed by atoms with Crippen molar-refractivity contribution in [3.05, 3.63) is 48.8 Å². The molecule has 1 N–H and O–H groups in total. The third-order valence-corrected chi connectivity index (χ3v) is 2.64. The molecule has 0 bridgehead atoms. The lowest BCUT2D eigenvalue weighted by Crippen LogP contribution is -1.97. The highest BCUT2D eigenvalue weighted by Gasteiger charge is 2.02. The van der Waals surface area contributed by atoms with Crippen LogP contribution in [0.25, 0.3) is 10.9 Å². The van der Waals surface area contributed by atoms with E-state index in [0.29, 0.717) is 17.6 Å². The summed E-state index contributed by atoms with van der Waals surface area (Å²) in [5.41, 5.74) is 0.938. The fraction of sp³-hybridized carbons (Fsp3) is 0.0714. The molecule has 5 nitrogen and oxygen atoms in total. The summed E-state index contributed by atoms with van der Waals surface area (Å²) < 4.78 is 5.68. The molecule has 3 aromatic rings. The lowest BCUT2D eigenvalue weighted by atomic mass is 10.2. The summed E-state index contributed by atoms with van der Waals surface area (Å²) in [7, 11) is 1.76. The van der Waals surface area contributed by atoms with Gasteiger partial charge in [0.15, 0.2) is 0 Å². The van der Waals surface area contributed by atoms with Gasteiger partial charge >= 0.3 is 0 Å². The van der Waals surface area contributed by atoms with Gasteiger partial charge in [0.1, 0.15) is 5.75 Å². The van der Waals surface area contributed by atoms with Crippen LogP contribution in [-0.2, 0) is 0 Å². The first-order chi connectivity index (χ1) is 9.35. The summed E-state index contributed by atoms with van der Waals surface area (Å²) in [6, 6.07) is 11.5. The van der Waals surface area contributed by atoms with Gasteiger partial charge in [0.25, 0.3) is 0 Å². The minimum absolute atomic E-state index is 0.483. The second-order valence-corrected chi connectivity index (χ2v) is 3.93. The minimum Gasteiger partial charge on any atom is -0.437 e. The highest BCUT2D eigenvalue weighted by molar-refractivity contribution is 5.79. The number of hydrogen-bond donors (Lipinski definition) is 1. The van der Waals surface area contributed by atoms with Crippen molar-refractivity contribution >= 4 is 16.9 Å². The summed E-state index contributed by atoms with van der Waals surface area (Å²) in [4.78, 5) is 12.6. The van der Waals surface area contributed by atoms with Crippen molar-refractivity contribution in [1.82, 2.24) is 15.0 Å². The molecule has 0 fully saturated rings. The number of ether oxygens (including phenoxy) is 1. The third kappa shape index (κ3) is 2.44. The van der Waals surface area contributed by atoms with E-state index in [1.807, 2.05) is 30.3 Å². The molecule has 0 amide bonds. The number of para-hydroxylation sites is 1. The molecule has 2 heterocycles. The molecule has 0 aliphatic heterocycles. The van der Waals surface area contributed by atoms with Crippen LogP contribution in [0.3, 0.4) is 0 Å². The highest BCUT2D eigenvalue weighted by atomic mass is 16.5. The van der Waals surface area contributed by atoms with Crippen LogP contribution in [0.15, 0.2) is 48.8 Å². The summed E-state index contributed by atoms with van der Waals surface area (Å²) in [6.45, 7) is 0. The topological polar surface area (TPSA) is 59.9 Å². The Morgan fingerprint density at radius 3 is 2.89 bits per heavy atom. The number of nitrogens with one attached hydrogen (secondary N) is 1. The lowest BCUT2D eigenvalue weighted by molar-refractivity contribution is 0.461. The molecular weight excluding hydrogens is 240 g/mol. The average Bonchev–Trinajstić information content (AvgIpc) is 2.47. The maximum absolute atomic E-state index is 5.68. The van der Waals surface area contributed by atoms with Crippen LogP contribution in [0.5, 0.6) is 11.6 Å². The maximum Gasteiger partial charge on any atom is 0.225 e. The zero-order valence-corrected chi connectivity index (χ0v) is 10.4. The molecular formula is C14H12N4O. The Morgan fingerprint density at radius 2 is 2.00 bits per heavy atom. The average molecular weight is 252 g/mol. The quantitative estimate of drug-likeness (QED) is 0.776. The van der Waals surface area contributed by atoms with E-state index in [2.05, 4.69) is 20.3 Å². The van der Waals surface area contributed by atoms with Gasteiger partial charge in [-0.1, -0.05) is 18.2 Å². The van der Waals surface area contributed by atoms with Gasteiger partial charge in [-0.25, -0.2) is 4.98 Å². The maximum atomic E-state index is 5.68. The van der Waals surface area contributed by atoms with Crippen LogP contribution in [-0.4, -0.2) is 22.0 Å². The van der Waals surface area contributed by atoms with E-state index >= 15 is 0 Å². The molecule has 0 atom stereocenters. The third-order valence-electron chi connectivity index (χ3n) is 2.64. The van der Waals surface area contributed by atoms with Crippen molar-refractivity contribution in [2.45, 2.75) is 0 Å². The van der Waals surface area contributed by atoms with Crippen molar-refractivity contribution < 1.29 is 4.74 Å². The molecule has 0 aliphatic rings. The smallest absolute Gasteiger partial charge is 0.225 e. The Morgan fingerprint density at radius 1 is 1.11 bits per heavy atom. The molecule has 3 rings (SSSR count). The predicted octanol–water partition coefficient (Wildman–Crippen LogP) is 2.86. The molecule has 0 spiro atoms. The van der Waals surface area contributed by atoms with Crippen molar-refractivity contribution in [3.63, 3.8) is 0 Å². The second kappa shape index (κ2) is 4.89. The molecule has 0 aliphatic carbocycles. The number of rotatable bonds is 3. The molecule has 0 saturated heterocycles. The molecule has 2 aromatic heterocycles. The Kier molecular flexibility index (Phi) is 2.94. The Hall–Kier alpha value is -2.69. The van der Waals surface area contributed by atoms with E-state index in [0.717, 1.165) is 10.9 Å². The first-order valence-corrected chi connectivity index (χ1v) is 5.88. The van der Waals surface area contributed by atoms with Gasteiger partial charge in [0.2, 0.25) is 11.8 Å². The fourth-order valence-electron chi connectivity index (χ4n) is 1.75. The van der Waals surface area contributed by atoms with E-state index in [1.54, 1.807) is 25.5 Å². The normalized spacial score (nSPS) is 10.4. The van der Waals surface area contributed by atoms with Gasteiger partial charge in [-0.3, -0.25) is 4.98 Å². The second-order valence-electron chi connectivity index (χ2n) is 3.93. The summed E-state index contributed by atoms with van der Waals surface area (Å²) >= 11 is 0. The number of hydrogen-bond acceptors (Lipinski definition) is 5. The molecule has 94 valence electrons. The lowest BCUT2D eigenvalue weighted by Gasteiger charge is -2.06. The van der Waals surface area contributed by atoms with Gasteiger partial charge in [-0.05, 0) is 12.1 Å². The largest absolute Gasteiger partial charge is 0.437 e. The zero-order valence-electron chi connectivity index (χ0n) is 10.4. The minimum atomic E-state index is 0.483. The Balaban J connectivity index is 1.92. The summed E-state index contributed by atoms with van der Waals surface area (Å²) in [5, 5.41) is 3.90. The van der Waals surface area contributed by atoms with Gasteiger partial charge in [-0.2, -0.15) is 4.98 Å². The van der Waals surface area contributed by atoms with Crippen LogP contribution >= 0.6 is 0 Å². The van der Waals surface area contributed by atoms with Crippen molar-refractivity contribution in [3.8, 4) is 11.6 Å². The van der Waals surface area contributed by atoms with E-state index in [4.69, 9.17) is 4.74 Å². The van der Waals surface area contributed by atoms with Gasteiger partial charge < -0.3 is 10.1 Å². The van der Waals surface area contributed by atoms with Crippen molar-refractivity contribution in [2.24, 2.45) is 0 Å².